The van der Waals surface area contributed by atoms with Gasteiger partial charge in [-0.15, -0.1) is 0 Å². The van der Waals surface area contributed by atoms with Crippen LogP contribution in [-0.4, -0.2) is 17.2 Å². The molecule has 0 atom stereocenters. The minimum atomic E-state index is 0.0516. The standard InChI is InChI=1S/C10H13NO2/c1-6-5-11-10(13-4)7(2)9(6)8(3)12/h5,12H,3H2,1-2,4H3. The van der Waals surface area contributed by atoms with E-state index in [0.717, 1.165) is 11.1 Å². The molecule has 0 aliphatic carbocycles. The summed E-state index contributed by atoms with van der Waals surface area (Å²) in [5.41, 5.74) is 2.42. The Kier molecular flexibility index (Phi) is 2.56. The summed E-state index contributed by atoms with van der Waals surface area (Å²) >= 11 is 0. The number of hydrogen-bond donors (Lipinski definition) is 1. The van der Waals surface area contributed by atoms with Gasteiger partial charge in [0.15, 0.2) is 0 Å². The molecular formula is C10H13NO2. The highest BCUT2D eigenvalue weighted by Crippen LogP contribution is 2.25. The van der Waals surface area contributed by atoms with E-state index in [9.17, 15) is 5.11 Å². The fourth-order valence-electron chi connectivity index (χ4n) is 1.37. The van der Waals surface area contributed by atoms with Crippen molar-refractivity contribution in [1.29, 1.82) is 0 Å². The fraction of sp³-hybridized carbons (Fsp3) is 0.300. The van der Waals surface area contributed by atoms with Gasteiger partial charge in [0.25, 0.3) is 0 Å². The molecule has 0 fully saturated rings. The van der Waals surface area contributed by atoms with Crippen molar-refractivity contribution >= 4 is 5.76 Å². The summed E-state index contributed by atoms with van der Waals surface area (Å²) in [5, 5.41) is 9.33. The van der Waals surface area contributed by atoms with Crippen molar-refractivity contribution in [1.82, 2.24) is 4.98 Å². The molecule has 0 saturated carbocycles. The van der Waals surface area contributed by atoms with E-state index in [1.54, 1.807) is 13.3 Å². The zero-order chi connectivity index (χ0) is 10.0. The highest BCUT2D eigenvalue weighted by molar-refractivity contribution is 5.64. The van der Waals surface area contributed by atoms with Crippen molar-refractivity contribution in [3.8, 4) is 5.88 Å². The number of methoxy groups -OCH3 is 1. The van der Waals surface area contributed by atoms with Crippen molar-refractivity contribution in [2.45, 2.75) is 13.8 Å². The molecule has 0 unspecified atom stereocenters. The monoisotopic (exact) mass is 179 g/mol. The Morgan fingerprint density at radius 1 is 1.54 bits per heavy atom. The van der Waals surface area contributed by atoms with Crippen LogP contribution in [0, 0.1) is 13.8 Å². The molecule has 13 heavy (non-hydrogen) atoms. The van der Waals surface area contributed by atoms with Gasteiger partial charge >= 0.3 is 0 Å². The van der Waals surface area contributed by atoms with Crippen LogP contribution in [0.4, 0.5) is 0 Å². The molecule has 1 heterocycles. The first-order valence-electron chi connectivity index (χ1n) is 3.96. The normalized spacial score (nSPS) is 9.77. The SMILES string of the molecule is C=C(O)c1c(C)cnc(OC)c1C. The van der Waals surface area contributed by atoms with Crippen LogP contribution in [0.5, 0.6) is 5.88 Å². The number of aryl methyl sites for hydroxylation is 1. The van der Waals surface area contributed by atoms with Gasteiger partial charge in [-0.3, -0.25) is 0 Å². The summed E-state index contributed by atoms with van der Waals surface area (Å²) in [6.45, 7) is 7.21. The van der Waals surface area contributed by atoms with E-state index in [4.69, 9.17) is 4.74 Å². The summed E-state index contributed by atoms with van der Waals surface area (Å²) in [6.07, 6.45) is 1.66. The average Bonchev–Trinajstić information content (AvgIpc) is 2.04. The second-order valence-electron chi connectivity index (χ2n) is 2.90. The van der Waals surface area contributed by atoms with Gasteiger partial charge in [0.2, 0.25) is 5.88 Å². The van der Waals surface area contributed by atoms with E-state index in [1.807, 2.05) is 13.8 Å². The van der Waals surface area contributed by atoms with Gasteiger partial charge in [-0.05, 0) is 19.4 Å². The van der Waals surface area contributed by atoms with E-state index in [1.165, 1.54) is 0 Å². The number of pyridine rings is 1. The minimum Gasteiger partial charge on any atom is -0.508 e. The number of hydrogen-bond acceptors (Lipinski definition) is 3. The molecular weight excluding hydrogens is 166 g/mol. The maximum atomic E-state index is 9.33. The molecule has 1 rings (SSSR count). The van der Waals surface area contributed by atoms with Crippen molar-refractivity contribution in [3.63, 3.8) is 0 Å². The van der Waals surface area contributed by atoms with E-state index >= 15 is 0 Å². The summed E-state index contributed by atoms with van der Waals surface area (Å²) in [7, 11) is 1.55. The van der Waals surface area contributed by atoms with Crippen LogP contribution in [0.1, 0.15) is 16.7 Å². The maximum absolute atomic E-state index is 9.33. The van der Waals surface area contributed by atoms with E-state index in [2.05, 4.69) is 11.6 Å². The Labute approximate surface area is 77.7 Å². The lowest BCUT2D eigenvalue weighted by Crippen LogP contribution is -1.98. The molecule has 3 nitrogen and oxygen atoms in total. The van der Waals surface area contributed by atoms with Gasteiger partial charge in [0.05, 0.1) is 7.11 Å². The highest BCUT2D eigenvalue weighted by atomic mass is 16.5. The van der Waals surface area contributed by atoms with E-state index in [0.29, 0.717) is 11.4 Å². The molecule has 1 N–H and O–H groups in total. The van der Waals surface area contributed by atoms with E-state index < -0.39 is 0 Å². The first kappa shape index (κ1) is 9.58. The molecule has 0 saturated heterocycles. The van der Waals surface area contributed by atoms with Gasteiger partial charge < -0.3 is 9.84 Å². The number of nitrogens with zero attached hydrogens (tertiary/aromatic N) is 1. The molecule has 0 aliphatic rings. The third-order valence-electron chi connectivity index (χ3n) is 1.95. The number of aliphatic hydroxyl groups excluding tert-OH is 1. The Morgan fingerprint density at radius 3 is 2.62 bits per heavy atom. The molecule has 0 aromatic carbocycles. The third kappa shape index (κ3) is 1.64. The molecule has 0 aliphatic heterocycles. The number of rotatable bonds is 2. The Bertz CT molecular complexity index is 345. The lowest BCUT2D eigenvalue weighted by atomic mass is 10.1. The molecule has 0 amide bonds. The lowest BCUT2D eigenvalue weighted by molar-refractivity contribution is 0.393. The van der Waals surface area contributed by atoms with Crippen molar-refractivity contribution in [3.05, 3.63) is 29.5 Å². The summed E-state index contributed by atoms with van der Waals surface area (Å²) in [6, 6.07) is 0. The van der Waals surface area contributed by atoms with Gasteiger partial charge in [0, 0.05) is 17.3 Å². The fourth-order valence-corrected chi connectivity index (χ4v) is 1.37. The predicted octanol–water partition coefficient (Wildman–Crippen LogP) is 2.24. The first-order valence-corrected chi connectivity index (χ1v) is 3.96. The molecule has 3 heteroatoms. The second-order valence-corrected chi connectivity index (χ2v) is 2.90. The van der Waals surface area contributed by atoms with Crippen LogP contribution in [0.2, 0.25) is 0 Å². The Hall–Kier alpha value is -1.51. The number of ether oxygens (including phenoxy) is 1. The zero-order valence-corrected chi connectivity index (χ0v) is 8.09. The van der Waals surface area contributed by atoms with Crippen LogP contribution >= 0.6 is 0 Å². The topological polar surface area (TPSA) is 42.4 Å². The predicted molar refractivity (Wildman–Crippen MR) is 51.9 cm³/mol. The quantitative estimate of drug-likeness (QED) is 0.708. The average molecular weight is 179 g/mol. The smallest absolute Gasteiger partial charge is 0.216 e. The molecule has 1 aromatic heterocycles. The second kappa shape index (κ2) is 3.47. The van der Waals surface area contributed by atoms with Crippen LogP contribution in [0.25, 0.3) is 5.76 Å². The number of aliphatic hydroxyl groups is 1. The first-order chi connectivity index (χ1) is 6.07. The van der Waals surface area contributed by atoms with Crippen LogP contribution in [-0.2, 0) is 0 Å². The lowest BCUT2D eigenvalue weighted by Gasteiger charge is -2.10. The van der Waals surface area contributed by atoms with Crippen molar-refractivity contribution in [2.24, 2.45) is 0 Å². The highest BCUT2D eigenvalue weighted by Gasteiger charge is 2.10. The van der Waals surface area contributed by atoms with Crippen LogP contribution in [0.3, 0.4) is 0 Å². The molecule has 0 spiro atoms. The number of aromatic nitrogens is 1. The van der Waals surface area contributed by atoms with Crippen LogP contribution in [0.15, 0.2) is 12.8 Å². The Morgan fingerprint density at radius 2 is 2.15 bits per heavy atom. The van der Waals surface area contributed by atoms with Crippen LogP contribution < -0.4 is 4.74 Å². The van der Waals surface area contributed by atoms with Gasteiger partial charge in [0.1, 0.15) is 5.76 Å². The molecule has 0 bridgehead atoms. The van der Waals surface area contributed by atoms with Gasteiger partial charge in [-0.1, -0.05) is 6.58 Å². The maximum Gasteiger partial charge on any atom is 0.216 e. The third-order valence-corrected chi connectivity index (χ3v) is 1.95. The molecule has 70 valence electrons. The van der Waals surface area contributed by atoms with Crippen molar-refractivity contribution in [2.75, 3.05) is 7.11 Å². The molecule has 0 radical (unpaired) electrons. The Balaban J connectivity index is 3.38. The minimum absolute atomic E-state index is 0.0516. The van der Waals surface area contributed by atoms with Gasteiger partial charge in [-0.25, -0.2) is 4.98 Å². The van der Waals surface area contributed by atoms with E-state index in [-0.39, 0.29) is 5.76 Å². The summed E-state index contributed by atoms with van der Waals surface area (Å²) in [5.74, 6) is 0.575. The van der Waals surface area contributed by atoms with Gasteiger partial charge in [-0.2, -0.15) is 0 Å². The largest absolute Gasteiger partial charge is 0.508 e. The molecule has 1 aromatic rings. The summed E-state index contributed by atoms with van der Waals surface area (Å²) < 4.78 is 5.03. The zero-order valence-electron chi connectivity index (χ0n) is 8.09. The van der Waals surface area contributed by atoms with Crippen molar-refractivity contribution < 1.29 is 9.84 Å². The summed E-state index contributed by atoms with van der Waals surface area (Å²) in [4.78, 5) is 4.06.